The molecule has 1 atom stereocenters. The molecule has 0 fully saturated rings. The molecule has 1 aromatic rings. The van der Waals surface area contributed by atoms with Crippen LogP contribution < -0.4 is 0 Å². The summed E-state index contributed by atoms with van der Waals surface area (Å²) in [6, 6.07) is 0. The van der Waals surface area contributed by atoms with E-state index < -0.39 is 17.8 Å². The number of alkyl halides is 3. The van der Waals surface area contributed by atoms with Gasteiger partial charge in [0.2, 0.25) is 0 Å². The molecule has 86 valence electrons. The number of hydrogen-bond donors (Lipinski definition) is 1. The topological polar surface area (TPSA) is 38.0 Å². The summed E-state index contributed by atoms with van der Waals surface area (Å²) < 4.78 is 37.8. The molecule has 6 heteroatoms. The van der Waals surface area contributed by atoms with Crippen LogP contribution in [0.2, 0.25) is 0 Å². The second-order valence-electron chi connectivity index (χ2n) is 4.33. The van der Waals surface area contributed by atoms with Gasteiger partial charge in [-0.15, -0.1) is 0 Å². The molecule has 0 aromatic carbocycles. The monoisotopic (exact) mass is 222 g/mol. The summed E-state index contributed by atoms with van der Waals surface area (Å²) in [6.07, 6.45) is -4.87. The maximum atomic E-state index is 12.2. The smallest absolute Gasteiger partial charge is 0.379 e. The van der Waals surface area contributed by atoms with Crippen LogP contribution in [0.4, 0.5) is 13.2 Å². The third-order valence-corrected chi connectivity index (χ3v) is 1.92. The SMILES string of the molecule is CC(C)(C)n1cc([C@@H](O)C(F)(F)F)cn1. The van der Waals surface area contributed by atoms with Crippen molar-refractivity contribution >= 4 is 0 Å². The Morgan fingerprint density at radius 3 is 2.20 bits per heavy atom. The lowest BCUT2D eigenvalue weighted by Crippen LogP contribution is -2.23. The van der Waals surface area contributed by atoms with Crippen molar-refractivity contribution in [1.82, 2.24) is 9.78 Å². The van der Waals surface area contributed by atoms with Crippen molar-refractivity contribution in [3.05, 3.63) is 18.0 Å². The third-order valence-electron chi connectivity index (χ3n) is 1.92. The van der Waals surface area contributed by atoms with Crippen LogP contribution in [-0.4, -0.2) is 21.1 Å². The van der Waals surface area contributed by atoms with E-state index >= 15 is 0 Å². The van der Waals surface area contributed by atoms with Crippen LogP contribution in [-0.2, 0) is 5.54 Å². The average Bonchev–Trinajstić information content (AvgIpc) is 2.47. The summed E-state index contributed by atoms with van der Waals surface area (Å²) in [5, 5.41) is 12.7. The van der Waals surface area contributed by atoms with E-state index in [0.717, 1.165) is 6.20 Å². The van der Waals surface area contributed by atoms with Gasteiger partial charge in [0.25, 0.3) is 0 Å². The molecule has 0 saturated carbocycles. The molecular formula is C9H13F3N2O. The molecular weight excluding hydrogens is 209 g/mol. The molecule has 0 aliphatic carbocycles. The van der Waals surface area contributed by atoms with Crippen LogP contribution in [0.3, 0.4) is 0 Å². The van der Waals surface area contributed by atoms with Gasteiger partial charge in [-0.3, -0.25) is 4.68 Å². The first-order chi connectivity index (χ1) is 6.62. The molecule has 0 aliphatic heterocycles. The first-order valence-corrected chi connectivity index (χ1v) is 4.42. The Morgan fingerprint density at radius 1 is 1.33 bits per heavy atom. The van der Waals surface area contributed by atoms with Gasteiger partial charge in [0.1, 0.15) is 0 Å². The molecule has 0 aliphatic rings. The quantitative estimate of drug-likeness (QED) is 0.791. The number of rotatable bonds is 1. The van der Waals surface area contributed by atoms with Gasteiger partial charge in [0.15, 0.2) is 6.10 Å². The number of hydrogen-bond acceptors (Lipinski definition) is 2. The standard InChI is InChI=1S/C9H13F3N2O/c1-8(2,3)14-5-6(4-13-14)7(15)9(10,11)12/h4-5,7,15H,1-3H3/t7-/m1/s1. The predicted molar refractivity (Wildman–Crippen MR) is 48.2 cm³/mol. The Labute approximate surface area is 85.5 Å². The molecule has 0 amide bonds. The molecule has 1 N–H and O–H groups in total. The highest BCUT2D eigenvalue weighted by molar-refractivity contribution is 5.10. The lowest BCUT2D eigenvalue weighted by atomic mass is 10.1. The highest BCUT2D eigenvalue weighted by Crippen LogP contribution is 2.32. The maximum absolute atomic E-state index is 12.2. The van der Waals surface area contributed by atoms with Gasteiger partial charge in [-0.2, -0.15) is 18.3 Å². The summed E-state index contributed by atoms with van der Waals surface area (Å²) in [5.41, 5.74) is -0.638. The largest absolute Gasteiger partial charge is 0.418 e. The van der Waals surface area contributed by atoms with Crippen molar-refractivity contribution in [2.75, 3.05) is 0 Å². The second kappa shape index (κ2) is 3.52. The van der Waals surface area contributed by atoms with Crippen LogP contribution in [0.1, 0.15) is 32.4 Å². The Kier molecular flexibility index (Phi) is 2.82. The fourth-order valence-corrected chi connectivity index (χ4v) is 1.03. The van der Waals surface area contributed by atoms with Crippen molar-refractivity contribution in [2.24, 2.45) is 0 Å². The van der Waals surface area contributed by atoms with Crippen LogP contribution in [0.25, 0.3) is 0 Å². The minimum Gasteiger partial charge on any atom is -0.379 e. The van der Waals surface area contributed by atoms with Crippen molar-refractivity contribution in [3.8, 4) is 0 Å². The van der Waals surface area contributed by atoms with E-state index in [1.54, 1.807) is 0 Å². The van der Waals surface area contributed by atoms with Gasteiger partial charge < -0.3 is 5.11 Å². The van der Waals surface area contributed by atoms with Gasteiger partial charge in [-0.05, 0) is 20.8 Å². The van der Waals surface area contributed by atoms with Crippen LogP contribution in [0.5, 0.6) is 0 Å². The van der Waals surface area contributed by atoms with Gasteiger partial charge in [-0.1, -0.05) is 0 Å². The Hall–Kier alpha value is -1.04. The average molecular weight is 222 g/mol. The van der Waals surface area contributed by atoms with Crippen LogP contribution in [0, 0.1) is 0 Å². The number of aliphatic hydroxyl groups is 1. The van der Waals surface area contributed by atoms with Gasteiger partial charge in [0.05, 0.1) is 11.7 Å². The highest BCUT2D eigenvalue weighted by Gasteiger charge is 2.40. The molecule has 0 radical (unpaired) electrons. The van der Waals surface area contributed by atoms with E-state index in [-0.39, 0.29) is 5.56 Å². The van der Waals surface area contributed by atoms with E-state index in [4.69, 9.17) is 5.11 Å². The highest BCUT2D eigenvalue weighted by atomic mass is 19.4. The third kappa shape index (κ3) is 2.71. The normalized spacial score (nSPS) is 15.4. The molecule has 1 rings (SSSR count). The molecule has 0 saturated heterocycles. The first-order valence-electron chi connectivity index (χ1n) is 4.42. The lowest BCUT2D eigenvalue weighted by Gasteiger charge is -2.19. The van der Waals surface area contributed by atoms with E-state index in [0.29, 0.717) is 0 Å². The van der Waals surface area contributed by atoms with E-state index in [1.165, 1.54) is 10.9 Å². The van der Waals surface area contributed by atoms with Crippen molar-refractivity contribution in [1.29, 1.82) is 0 Å². The van der Waals surface area contributed by atoms with Crippen LogP contribution >= 0.6 is 0 Å². The van der Waals surface area contributed by atoms with Gasteiger partial charge in [0, 0.05) is 11.8 Å². The molecule has 0 unspecified atom stereocenters. The second-order valence-corrected chi connectivity index (χ2v) is 4.33. The first kappa shape index (κ1) is 12.0. The number of nitrogens with zero attached hydrogens (tertiary/aromatic N) is 2. The Morgan fingerprint density at radius 2 is 1.87 bits per heavy atom. The van der Waals surface area contributed by atoms with Crippen molar-refractivity contribution in [3.63, 3.8) is 0 Å². The zero-order chi connectivity index (χ0) is 11.9. The minimum absolute atomic E-state index is 0.238. The predicted octanol–water partition coefficient (Wildman–Crippen LogP) is 2.23. The van der Waals surface area contributed by atoms with Gasteiger partial charge >= 0.3 is 6.18 Å². The fourth-order valence-electron chi connectivity index (χ4n) is 1.03. The van der Waals surface area contributed by atoms with E-state index in [2.05, 4.69) is 5.10 Å². The van der Waals surface area contributed by atoms with E-state index in [9.17, 15) is 13.2 Å². The summed E-state index contributed by atoms with van der Waals surface area (Å²) >= 11 is 0. The Bertz CT molecular complexity index is 338. The van der Waals surface area contributed by atoms with Gasteiger partial charge in [-0.25, -0.2) is 0 Å². The van der Waals surface area contributed by atoms with Crippen molar-refractivity contribution in [2.45, 2.75) is 38.6 Å². The zero-order valence-electron chi connectivity index (χ0n) is 8.71. The fraction of sp³-hybridized carbons (Fsp3) is 0.667. The minimum atomic E-state index is -4.65. The summed E-state index contributed by atoms with van der Waals surface area (Å²) in [4.78, 5) is 0. The molecule has 15 heavy (non-hydrogen) atoms. The summed E-state index contributed by atoms with van der Waals surface area (Å²) in [7, 11) is 0. The number of aliphatic hydroxyl groups excluding tert-OH is 1. The Balaban J connectivity index is 2.95. The molecule has 1 heterocycles. The molecule has 1 aromatic heterocycles. The number of aromatic nitrogens is 2. The molecule has 3 nitrogen and oxygen atoms in total. The summed E-state index contributed by atoms with van der Waals surface area (Å²) in [6.45, 7) is 5.43. The molecule has 0 bridgehead atoms. The van der Waals surface area contributed by atoms with E-state index in [1.807, 2.05) is 20.8 Å². The summed E-state index contributed by atoms with van der Waals surface area (Å²) in [5.74, 6) is 0. The number of halogens is 3. The maximum Gasteiger partial charge on any atom is 0.418 e. The van der Waals surface area contributed by atoms with Crippen LogP contribution in [0.15, 0.2) is 12.4 Å². The lowest BCUT2D eigenvalue weighted by molar-refractivity contribution is -0.206. The van der Waals surface area contributed by atoms with Crippen molar-refractivity contribution < 1.29 is 18.3 Å². The zero-order valence-corrected chi connectivity index (χ0v) is 8.71. The molecule has 0 spiro atoms.